The third-order valence-corrected chi connectivity index (χ3v) is 1.10. The molecular formula is C6H11F. The first kappa shape index (κ1) is 6.67. The summed E-state index contributed by atoms with van der Waals surface area (Å²) in [7, 11) is 0. The molecule has 0 aliphatic rings. The Morgan fingerprint density at radius 1 is 1.57 bits per heavy atom. The zero-order chi connectivity index (χ0) is 5.86. The van der Waals surface area contributed by atoms with Crippen molar-refractivity contribution in [2.75, 3.05) is 0 Å². The molecular weight excluding hydrogens is 91.1 g/mol. The third kappa shape index (κ3) is 2.38. The molecule has 0 aromatic heterocycles. The van der Waals surface area contributed by atoms with Gasteiger partial charge in [0.05, 0.1) is 0 Å². The van der Waals surface area contributed by atoms with E-state index in [9.17, 15) is 4.39 Å². The van der Waals surface area contributed by atoms with Crippen molar-refractivity contribution >= 4 is 0 Å². The van der Waals surface area contributed by atoms with Gasteiger partial charge in [-0.25, -0.2) is 4.39 Å². The average molecular weight is 102 g/mol. The topological polar surface area (TPSA) is 0 Å². The molecule has 0 bridgehead atoms. The third-order valence-electron chi connectivity index (χ3n) is 1.10. The summed E-state index contributed by atoms with van der Waals surface area (Å²) in [6.45, 7) is 6.78. The highest BCUT2D eigenvalue weighted by atomic mass is 19.1. The van der Waals surface area contributed by atoms with Crippen molar-refractivity contribution in [2.24, 2.45) is 5.92 Å². The molecule has 0 spiro atoms. The van der Waals surface area contributed by atoms with Crippen LogP contribution in [0.4, 0.5) is 4.39 Å². The number of hydrogen-bond donors (Lipinski definition) is 0. The van der Waals surface area contributed by atoms with E-state index in [1.54, 1.807) is 13.0 Å². The van der Waals surface area contributed by atoms with E-state index in [4.69, 9.17) is 0 Å². The van der Waals surface area contributed by atoms with Crippen LogP contribution >= 0.6 is 0 Å². The molecule has 0 aliphatic carbocycles. The molecule has 0 heterocycles. The standard InChI is InChI=1S/C6H11F/c1-4-5(2)6(3)7/h4-6H,1H2,2-3H3. The van der Waals surface area contributed by atoms with Gasteiger partial charge in [0.25, 0.3) is 0 Å². The second-order valence-electron chi connectivity index (χ2n) is 1.77. The number of halogens is 1. The molecule has 42 valence electrons. The molecule has 0 aliphatic heterocycles. The van der Waals surface area contributed by atoms with E-state index < -0.39 is 6.17 Å². The van der Waals surface area contributed by atoms with Crippen molar-refractivity contribution < 1.29 is 4.39 Å². The summed E-state index contributed by atoms with van der Waals surface area (Å²) in [5.41, 5.74) is 0. The van der Waals surface area contributed by atoms with Gasteiger partial charge in [-0.15, -0.1) is 6.58 Å². The molecule has 0 amide bonds. The lowest BCUT2D eigenvalue weighted by Crippen LogP contribution is -2.02. The molecule has 0 fully saturated rings. The minimum absolute atomic E-state index is 0.000000000000000222. The monoisotopic (exact) mass is 102 g/mol. The molecule has 0 aromatic rings. The lowest BCUT2D eigenvalue weighted by molar-refractivity contribution is 0.301. The number of allylic oxidation sites excluding steroid dienone is 1. The Hall–Kier alpha value is -0.330. The highest BCUT2D eigenvalue weighted by Gasteiger charge is 2.03. The van der Waals surface area contributed by atoms with Crippen LogP contribution in [0.3, 0.4) is 0 Å². The van der Waals surface area contributed by atoms with Crippen LogP contribution in [-0.2, 0) is 0 Å². The van der Waals surface area contributed by atoms with Gasteiger partial charge < -0.3 is 0 Å². The zero-order valence-corrected chi connectivity index (χ0v) is 4.82. The summed E-state index contributed by atoms with van der Waals surface area (Å²) >= 11 is 0. The molecule has 0 nitrogen and oxygen atoms in total. The zero-order valence-electron chi connectivity index (χ0n) is 4.82. The molecule has 1 heteroatoms. The van der Waals surface area contributed by atoms with Gasteiger partial charge in [0.2, 0.25) is 0 Å². The van der Waals surface area contributed by atoms with Gasteiger partial charge in [-0.05, 0) is 6.92 Å². The Balaban J connectivity index is 3.33. The van der Waals surface area contributed by atoms with Gasteiger partial charge in [-0.1, -0.05) is 13.0 Å². The van der Waals surface area contributed by atoms with Crippen molar-refractivity contribution in [3.05, 3.63) is 12.7 Å². The second kappa shape index (κ2) is 2.78. The molecule has 7 heavy (non-hydrogen) atoms. The van der Waals surface area contributed by atoms with Crippen LogP contribution in [-0.4, -0.2) is 6.17 Å². The van der Waals surface area contributed by atoms with Gasteiger partial charge in [0.1, 0.15) is 6.17 Å². The molecule has 0 saturated heterocycles. The van der Waals surface area contributed by atoms with E-state index in [0.29, 0.717) is 0 Å². The molecule has 0 rings (SSSR count). The first-order chi connectivity index (χ1) is 3.18. The lowest BCUT2D eigenvalue weighted by Gasteiger charge is -2.03. The maximum atomic E-state index is 12.0. The fraction of sp³-hybridized carbons (Fsp3) is 0.667. The van der Waals surface area contributed by atoms with Gasteiger partial charge in [0, 0.05) is 5.92 Å². The summed E-state index contributed by atoms with van der Waals surface area (Å²) in [5.74, 6) is -0.000000000000000222. The highest BCUT2D eigenvalue weighted by molar-refractivity contribution is 4.78. The quantitative estimate of drug-likeness (QED) is 0.469. The SMILES string of the molecule is C=CC(C)C(C)F. The Labute approximate surface area is 44.0 Å². The molecule has 2 unspecified atom stereocenters. The summed E-state index contributed by atoms with van der Waals surface area (Å²) in [4.78, 5) is 0. The van der Waals surface area contributed by atoms with E-state index in [1.807, 2.05) is 0 Å². The first-order valence-corrected chi connectivity index (χ1v) is 2.45. The summed E-state index contributed by atoms with van der Waals surface area (Å²) in [6.07, 6.45) is 0.863. The molecule has 0 saturated carbocycles. The Bertz CT molecular complexity index is 57.2. The maximum Gasteiger partial charge on any atom is 0.103 e. The smallest absolute Gasteiger partial charge is 0.103 e. The Morgan fingerprint density at radius 3 is 2.00 bits per heavy atom. The van der Waals surface area contributed by atoms with Crippen LogP contribution in [0.25, 0.3) is 0 Å². The molecule has 0 radical (unpaired) electrons. The largest absolute Gasteiger partial charge is 0.247 e. The summed E-state index contributed by atoms with van der Waals surface area (Å²) in [6, 6.07) is 0. The van der Waals surface area contributed by atoms with Crippen LogP contribution in [0.15, 0.2) is 12.7 Å². The normalized spacial score (nSPS) is 18.1. The van der Waals surface area contributed by atoms with Crippen LogP contribution in [0.5, 0.6) is 0 Å². The first-order valence-electron chi connectivity index (χ1n) is 2.45. The maximum absolute atomic E-state index is 12.0. The van der Waals surface area contributed by atoms with E-state index in [0.717, 1.165) is 0 Å². The number of hydrogen-bond acceptors (Lipinski definition) is 0. The van der Waals surface area contributed by atoms with Gasteiger partial charge in [0.15, 0.2) is 0 Å². The Kier molecular flexibility index (Phi) is 2.65. The fourth-order valence-electron chi connectivity index (χ4n) is 0.188. The second-order valence-corrected chi connectivity index (χ2v) is 1.77. The van der Waals surface area contributed by atoms with E-state index in [1.165, 1.54) is 6.92 Å². The summed E-state index contributed by atoms with van der Waals surface area (Å²) < 4.78 is 12.0. The van der Waals surface area contributed by atoms with Crippen LogP contribution in [0.1, 0.15) is 13.8 Å². The van der Waals surface area contributed by atoms with E-state index >= 15 is 0 Å². The Morgan fingerprint density at radius 2 is 2.00 bits per heavy atom. The molecule has 0 aromatic carbocycles. The minimum atomic E-state index is -0.752. The average Bonchev–Trinajstić information content (AvgIpc) is 1.65. The lowest BCUT2D eigenvalue weighted by atomic mass is 10.1. The number of rotatable bonds is 2. The van der Waals surface area contributed by atoms with Crippen molar-refractivity contribution in [2.45, 2.75) is 20.0 Å². The summed E-state index contributed by atoms with van der Waals surface area (Å²) in [5, 5.41) is 0. The predicted molar refractivity (Wildman–Crippen MR) is 29.9 cm³/mol. The fourth-order valence-corrected chi connectivity index (χ4v) is 0.188. The van der Waals surface area contributed by atoms with Crippen LogP contribution < -0.4 is 0 Å². The van der Waals surface area contributed by atoms with Crippen LogP contribution in [0.2, 0.25) is 0 Å². The predicted octanol–water partition coefficient (Wildman–Crippen LogP) is 2.17. The molecule has 2 atom stereocenters. The van der Waals surface area contributed by atoms with Crippen molar-refractivity contribution in [1.29, 1.82) is 0 Å². The van der Waals surface area contributed by atoms with Crippen molar-refractivity contribution in [3.63, 3.8) is 0 Å². The van der Waals surface area contributed by atoms with Gasteiger partial charge in [-0.3, -0.25) is 0 Å². The van der Waals surface area contributed by atoms with Crippen molar-refractivity contribution in [3.8, 4) is 0 Å². The van der Waals surface area contributed by atoms with Gasteiger partial charge >= 0.3 is 0 Å². The highest BCUT2D eigenvalue weighted by Crippen LogP contribution is 2.05. The van der Waals surface area contributed by atoms with E-state index in [-0.39, 0.29) is 5.92 Å². The van der Waals surface area contributed by atoms with Crippen LogP contribution in [0, 0.1) is 5.92 Å². The van der Waals surface area contributed by atoms with Gasteiger partial charge in [-0.2, -0.15) is 0 Å². The minimum Gasteiger partial charge on any atom is -0.247 e. The van der Waals surface area contributed by atoms with E-state index in [2.05, 4.69) is 6.58 Å². The van der Waals surface area contributed by atoms with Crippen molar-refractivity contribution in [1.82, 2.24) is 0 Å². The molecule has 0 N–H and O–H groups in total. The number of alkyl halides is 1.